The highest BCUT2D eigenvalue weighted by Crippen LogP contribution is 2.23. The molecule has 2 unspecified atom stereocenters. The second kappa shape index (κ2) is 3.96. The molecule has 2 N–H and O–H groups in total. The largest absolute Gasteiger partial charge is 0.392 e. The van der Waals surface area contributed by atoms with Crippen molar-refractivity contribution in [2.75, 3.05) is 0 Å². The first kappa shape index (κ1) is 9.46. The summed E-state index contributed by atoms with van der Waals surface area (Å²) >= 11 is 7.38. The number of rotatable bonds is 3. The van der Waals surface area contributed by atoms with Crippen LogP contribution in [0.15, 0.2) is 12.1 Å². The Kier molecular flexibility index (Phi) is 2.89. The predicted octanol–water partition coefficient (Wildman–Crippen LogP) is 2.01. The van der Waals surface area contributed by atoms with Crippen molar-refractivity contribution in [3.8, 4) is 0 Å². The average Bonchev–Trinajstić information content (AvgIpc) is 2.49. The molecule has 0 saturated heterocycles. The van der Waals surface area contributed by atoms with Gasteiger partial charge < -0.3 is 10.4 Å². The lowest BCUT2D eigenvalue weighted by Gasteiger charge is -2.33. The quantitative estimate of drug-likeness (QED) is 0.812. The van der Waals surface area contributed by atoms with Crippen molar-refractivity contribution >= 4 is 22.9 Å². The minimum Gasteiger partial charge on any atom is -0.392 e. The minimum atomic E-state index is -0.143. The molecule has 1 heterocycles. The fourth-order valence-corrected chi connectivity index (χ4v) is 2.44. The van der Waals surface area contributed by atoms with Gasteiger partial charge in [0, 0.05) is 17.5 Å². The van der Waals surface area contributed by atoms with Gasteiger partial charge in [-0.1, -0.05) is 11.6 Å². The molecule has 1 aromatic heterocycles. The molecule has 1 aromatic rings. The Bertz CT molecular complexity index is 289. The van der Waals surface area contributed by atoms with Crippen molar-refractivity contribution in [1.29, 1.82) is 0 Å². The summed E-state index contributed by atoms with van der Waals surface area (Å²) in [7, 11) is 0. The fraction of sp³-hybridized carbons (Fsp3) is 0.556. The highest BCUT2D eigenvalue weighted by molar-refractivity contribution is 7.16. The van der Waals surface area contributed by atoms with E-state index in [1.807, 2.05) is 12.1 Å². The fourth-order valence-electron chi connectivity index (χ4n) is 1.40. The van der Waals surface area contributed by atoms with Crippen LogP contribution in [-0.2, 0) is 6.54 Å². The molecular weight excluding hydrogens is 206 g/mol. The van der Waals surface area contributed by atoms with Gasteiger partial charge in [-0.05, 0) is 25.0 Å². The molecule has 2 atom stereocenters. The Hall–Kier alpha value is -0.0900. The van der Waals surface area contributed by atoms with E-state index in [2.05, 4.69) is 5.32 Å². The van der Waals surface area contributed by atoms with E-state index in [4.69, 9.17) is 11.6 Å². The molecule has 0 aromatic carbocycles. The van der Waals surface area contributed by atoms with Crippen molar-refractivity contribution in [2.45, 2.75) is 31.5 Å². The van der Waals surface area contributed by atoms with Crippen LogP contribution in [0.3, 0.4) is 0 Å². The van der Waals surface area contributed by atoms with Gasteiger partial charge in [0.1, 0.15) is 0 Å². The summed E-state index contributed by atoms with van der Waals surface area (Å²) < 4.78 is 0.825. The number of nitrogens with one attached hydrogen (secondary N) is 1. The maximum atomic E-state index is 9.31. The third-order valence-corrected chi connectivity index (χ3v) is 3.64. The van der Waals surface area contributed by atoms with Crippen LogP contribution in [0.2, 0.25) is 4.34 Å². The first-order valence-corrected chi connectivity index (χ1v) is 5.61. The first-order valence-electron chi connectivity index (χ1n) is 4.41. The van der Waals surface area contributed by atoms with Crippen LogP contribution >= 0.6 is 22.9 Å². The SMILES string of the molecule is OC1CCC1NCc1ccc(Cl)s1. The van der Waals surface area contributed by atoms with Gasteiger partial charge in [0.25, 0.3) is 0 Å². The van der Waals surface area contributed by atoms with Gasteiger partial charge in [-0.2, -0.15) is 0 Å². The third kappa shape index (κ3) is 2.23. The highest BCUT2D eigenvalue weighted by Gasteiger charge is 2.27. The van der Waals surface area contributed by atoms with Crippen LogP contribution in [0.4, 0.5) is 0 Å². The van der Waals surface area contributed by atoms with E-state index in [1.54, 1.807) is 11.3 Å². The van der Waals surface area contributed by atoms with E-state index in [0.29, 0.717) is 6.04 Å². The van der Waals surface area contributed by atoms with Crippen molar-refractivity contribution < 1.29 is 5.11 Å². The molecule has 1 aliphatic carbocycles. The zero-order valence-corrected chi connectivity index (χ0v) is 8.74. The maximum absolute atomic E-state index is 9.31. The summed E-state index contributed by atoms with van der Waals surface area (Å²) in [6.45, 7) is 0.819. The Morgan fingerprint density at radius 2 is 2.38 bits per heavy atom. The molecule has 1 fully saturated rings. The second-order valence-corrected chi connectivity index (χ2v) is 5.14. The lowest BCUT2D eigenvalue weighted by atomic mass is 9.89. The van der Waals surface area contributed by atoms with Crippen molar-refractivity contribution in [2.24, 2.45) is 0 Å². The molecule has 13 heavy (non-hydrogen) atoms. The van der Waals surface area contributed by atoms with Gasteiger partial charge in [0.2, 0.25) is 0 Å². The summed E-state index contributed by atoms with van der Waals surface area (Å²) in [5.41, 5.74) is 0. The first-order chi connectivity index (χ1) is 6.25. The van der Waals surface area contributed by atoms with Gasteiger partial charge in [-0.15, -0.1) is 11.3 Å². The van der Waals surface area contributed by atoms with Crippen molar-refractivity contribution in [3.05, 3.63) is 21.3 Å². The molecule has 1 saturated carbocycles. The molecule has 4 heteroatoms. The van der Waals surface area contributed by atoms with Crippen molar-refractivity contribution in [3.63, 3.8) is 0 Å². The predicted molar refractivity (Wildman–Crippen MR) is 55.2 cm³/mol. The van der Waals surface area contributed by atoms with Crippen LogP contribution in [0.25, 0.3) is 0 Å². The van der Waals surface area contributed by atoms with E-state index >= 15 is 0 Å². The molecule has 1 aliphatic rings. The number of aliphatic hydroxyl groups excluding tert-OH is 1. The number of hydrogen-bond acceptors (Lipinski definition) is 3. The van der Waals surface area contributed by atoms with Gasteiger partial charge in [0.05, 0.1) is 10.4 Å². The van der Waals surface area contributed by atoms with Crippen LogP contribution in [-0.4, -0.2) is 17.3 Å². The molecule has 2 rings (SSSR count). The zero-order chi connectivity index (χ0) is 9.26. The van der Waals surface area contributed by atoms with Crippen LogP contribution < -0.4 is 5.32 Å². The Labute approximate surface area is 86.5 Å². The summed E-state index contributed by atoms with van der Waals surface area (Å²) in [5, 5.41) is 12.6. The zero-order valence-electron chi connectivity index (χ0n) is 7.16. The second-order valence-electron chi connectivity index (χ2n) is 3.34. The highest BCUT2D eigenvalue weighted by atomic mass is 35.5. The van der Waals surface area contributed by atoms with E-state index in [-0.39, 0.29) is 6.10 Å². The maximum Gasteiger partial charge on any atom is 0.0931 e. The molecule has 0 bridgehead atoms. The van der Waals surface area contributed by atoms with Gasteiger partial charge in [-0.3, -0.25) is 0 Å². The summed E-state index contributed by atoms with van der Waals surface area (Å²) in [4.78, 5) is 1.23. The monoisotopic (exact) mass is 217 g/mol. The van der Waals surface area contributed by atoms with Crippen LogP contribution in [0.5, 0.6) is 0 Å². The number of aliphatic hydroxyl groups is 1. The summed E-state index contributed by atoms with van der Waals surface area (Å²) in [6, 6.07) is 4.21. The van der Waals surface area contributed by atoms with E-state index in [0.717, 1.165) is 23.7 Å². The Balaban J connectivity index is 1.79. The number of hydrogen-bond donors (Lipinski definition) is 2. The smallest absolute Gasteiger partial charge is 0.0931 e. The van der Waals surface area contributed by atoms with E-state index in [9.17, 15) is 5.11 Å². The molecular formula is C9H12ClNOS. The number of thiophene rings is 1. The lowest BCUT2D eigenvalue weighted by Crippen LogP contribution is -2.47. The third-order valence-electron chi connectivity index (χ3n) is 2.41. The van der Waals surface area contributed by atoms with Crippen LogP contribution in [0.1, 0.15) is 17.7 Å². The Morgan fingerprint density at radius 1 is 1.54 bits per heavy atom. The molecule has 0 radical (unpaired) electrons. The molecule has 0 aliphatic heterocycles. The molecule has 2 nitrogen and oxygen atoms in total. The van der Waals surface area contributed by atoms with Crippen molar-refractivity contribution in [1.82, 2.24) is 5.32 Å². The normalized spacial score (nSPS) is 27.2. The summed E-state index contributed by atoms with van der Waals surface area (Å²) in [5.74, 6) is 0. The van der Waals surface area contributed by atoms with Crippen LogP contribution in [0, 0.1) is 0 Å². The van der Waals surface area contributed by atoms with E-state index < -0.39 is 0 Å². The molecule has 72 valence electrons. The number of halogens is 1. The standard InChI is InChI=1S/C9H12ClNOS/c10-9-4-1-6(13-9)5-11-7-2-3-8(7)12/h1,4,7-8,11-12H,2-3,5H2. The Morgan fingerprint density at radius 3 is 2.85 bits per heavy atom. The van der Waals surface area contributed by atoms with Gasteiger partial charge in [-0.25, -0.2) is 0 Å². The molecule has 0 amide bonds. The van der Waals surface area contributed by atoms with Gasteiger partial charge in [0.15, 0.2) is 0 Å². The molecule has 0 spiro atoms. The lowest BCUT2D eigenvalue weighted by molar-refractivity contribution is 0.0494. The topological polar surface area (TPSA) is 32.3 Å². The minimum absolute atomic E-state index is 0.143. The van der Waals surface area contributed by atoms with E-state index in [1.165, 1.54) is 4.88 Å². The average molecular weight is 218 g/mol. The summed E-state index contributed by atoms with van der Waals surface area (Å²) in [6.07, 6.45) is 1.87. The van der Waals surface area contributed by atoms with Gasteiger partial charge >= 0.3 is 0 Å².